The van der Waals surface area contributed by atoms with Crippen LogP contribution in [-0.4, -0.2) is 50.0 Å². The summed E-state index contributed by atoms with van der Waals surface area (Å²) in [6.45, 7) is 0.571. The predicted molar refractivity (Wildman–Crippen MR) is 67.8 cm³/mol. The Hall–Kier alpha value is 0.557. The molecule has 0 aliphatic carbocycles. The Labute approximate surface area is 145 Å². The fraction of sp³-hybridized carbons (Fsp3) is 0.600. The van der Waals surface area contributed by atoms with Gasteiger partial charge in [0, 0.05) is 6.54 Å². The van der Waals surface area contributed by atoms with Crippen LogP contribution in [0.2, 0.25) is 0 Å². The molecule has 1 radical (unpaired) electrons. The van der Waals surface area contributed by atoms with E-state index >= 15 is 0 Å². The zero-order valence-electron chi connectivity index (χ0n) is 11.3. The monoisotopic (exact) mass is 408 g/mol. The van der Waals surface area contributed by atoms with Gasteiger partial charge in [-0.2, -0.15) is 8.42 Å². The molecule has 0 aromatic carbocycles. The third-order valence-electron chi connectivity index (χ3n) is 1.96. The first kappa shape index (κ1) is 27.0. The largest absolute Gasteiger partial charge is 3.00 e. The Morgan fingerprint density at radius 1 is 1.33 bits per heavy atom. The number of likely N-dealkylation sites (tertiary alicyclic amines) is 1. The second kappa shape index (κ2) is 11.4. The average molecular weight is 408 g/mol. The maximum atomic E-state index is 10.8. The van der Waals surface area contributed by atoms with Gasteiger partial charge in [0.1, 0.15) is 0 Å². The Kier molecular flexibility index (Phi) is 17.1. The summed E-state index contributed by atoms with van der Waals surface area (Å²) < 4.78 is 26.3. The maximum absolute atomic E-state index is 10.8. The van der Waals surface area contributed by atoms with E-state index in [1.807, 2.05) is 0 Å². The van der Waals surface area contributed by atoms with E-state index in [0.29, 0.717) is 19.4 Å². The summed E-state index contributed by atoms with van der Waals surface area (Å²) in [5.74, 6) is 0. The van der Waals surface area contributed by atoms with Crippen molar-refractivity contribution in [2.75, 3.05) is 19.3 Å². The van der Waals surface area contributed by atoms with E-state index in [0.717, 1.165) is 6.26 Å². The van der Waals surface area contributed by atoms with E-state index in [2.05, 4.69) is 0 Å². The molecule has 1 N–H and O–H groups in total. The zero-order valence-corrected chi connectivity index (χ0v) is 15.3. The van der Waals surface area contributed by atoms with Gasteiger partial charge in [-0.05, 0) is 12.8 Å². The molecule has 1 rings (SSSR count). The van der Waals surface area contributed by atoms with Crippen molar-refractivity contribution in [3.8, 4) is 0 Å². The predicted octanol–water partition coefficient (Wildman–Crippen LogP) is 1.46. The van der Waals surface area contributed by atoms with E-state index in [4.69, 9.17) is 9.29 Å². The van der Waals surface area contributed by atoms with Crippen molar-refractivity contribution in [3.63, 3.8) is 0 Å². The summed E-state index contributed by atoms with van der Waals surface area (Å²) in [6, 6.07) is 0. The molecule has 1 aliphatic rings. The van der Waals surface area contributed by atoms with Gasteiger partial charge >= 0.3 is 47.8 Å². The summed E-state index contributed by atoms with van der Waals surface area (Å²) in [4.78, 5) is 11.8. The van der Waals surface area contributed by atoms with Gasteiger partial charge < -0.3 is 32.3 Å². The van der Waals surface area contributed by atoms with Crippen LogP contribution in [0.5, 0.6) is 0 Å². The molecule has 1 saturated heterocycles. The van der Waals surface area contributed by atoms with Crippen LogP contribution in [0.25, 0.3) is 0 Å². The number of carboxylic acid groups (broad SMARTS) is 1. The zero-order chi connectivity index (χ0) is 10.8. The minimum atomic E-state index is -3.49. The number of hydrogen-bond acceptors (Lipinski definition) is 4. The van der Waals surface area contributed by atoms with Crippen LogP contribution in [-0.2, 0) is 14.3 Å². The molecule has 1 aliphatic heterocycles. The number of nitrogens with zero attached hydrogens (tertiary/aromatic N) is 1. The molecule has 107 valence electrons. The van der Waals surface area contributed by atoms with Gasteiger partial charge in [-0.1, -0.05) is 0 Å². The number of amides is 1. The van der Waals surface area contributed by atoms with Crippen molar-refractivity contribution in [2.24, 2.45) is 0 Å². The molecule has 0 bridgehead atoms. The van der Waals surface area contributed by atoms with Crippen LogP contribution in [0.15, 0.2) is 0 Å². The molecule has 1 heterocycles. The Morgan fingerprint density at radius 2 is 1.83 bits per heavy atom. The van der Waals surface area contributed by atoms with Gasteiger partial charge in [-0.25, -0.2) is 4.79 Å². The molecule has 6 nitrogen and oxygen atoms in total. The van der Waals surface area contributed by atoms with Gasteiger partial charge in [-0.15, -0.1) is 0 Å². The molecule has 0 aromatic heterocycles. The molecule has 8 heteroatoms. The summed E-state index contributed by atoms with van der Waals surface area (Å²) >= 11 is 0. The molecule has 0 saturated carbocycles. The van der Waals surface area contributed by atoms with Gasteiger partial charge in [0.25, 0.3) is 10.1 Å². The van der Waals surface area contributed by atoms with Crippen molar-refractivity contribution in [3.05, 3.63) is 22.3 Å². The molecule has 1 unspecified atom stereocenters. The van der Waals surface area contributed by atoms with Crippen molar-refractivity contribution in [1.82, 2.24) is 4.90 Å². The number of hydrogen-bond donors (Lipinski definition) is 1. The minimum Gasteiger partial charge on any atom is -0.465 e. The second-order valence-electron chi connectivity index (χ2n) is 3.29. The van der Waals surface area contributed by atoms with Crippen LogP contribution >= 0.6 is 0 Å². The van der Waals surface area contributed by atoms with Crippen LogP contribution < -0.4 is 0 Å². The molecular weight excluding hydrogens is 386 g/mol. The molecular formula is C10H22CeNO5S. The van der Waals surface area contributed by atoms with Crippen molar-refractivity contribution in [1.29, 1.82) is 0 Å². The fourth-order valence-electron chi connectivity index (χ4n) is 1.44. The van der Waals surface area contributed by atoms with Crippen LogP contribution in [0, 0.1) is 64.0 Å². The SMILES string of the molecule is CS(=O)(=O)OC1CCCN(C(=O)O)C1.[CH3-].[CH3-].[CH3-].[Ce+3]. The van der Waals surface area contributed by atoms with Gasteiger partial charge in [-0.3, -0.25) is 4.18 Å². The standard InChI is InChI=1S/C7H13NO5S.3CH3.Ce/c1-14(11,12)13-6-3-2-4-8(5-6)7(9)10;;;;/h6H,2-5H2,1H3,(H,9,10);3*1H3;/q;3*-1;+3. The first-order valence-electron chi connectivity index (χ1n) is 4.24. The third-order valence-corrected chi connectivity index (χ3v) is 2.58. The van der Waals surface area contributed by atoms with Gasteiger partial charge in [0.2, 0.25) is 0 Å². The summed E-state index contributed by atoms with van der Waals surface area (Å²) in [5.41, 5.74) is 0. The molecule has 1 atom stereocenters. The first-order valence-corrected chi connectivity index (χ1v) is 6.06. The Morgan fingerprint density at radius 3 is 2.22 bits per heavy atom. The first-order chi connectivity index (χ1) is 6.38. The molecule has 0 aromatic rings. The second-order valence-corrected chi connectivity index (χ2v) is 4.89. The normalized spacial score (nSPS) is 18.3. The summed E-state index contributed by atoms with van der Waals surface area (Å²) in [6.07, 6.45) is 0.609. The topological polar surface area (TPSA) is 83.9 Å². The minimum absolute atomic E-state index is 0. The van der Waals surface area contributed by atoms with Crippen molar-refractivity contribution in [2.45, 2.75) is 18.9 Å². The van der Waals surface area contributed by atoms with E-state index in [9.17, 15) is 13.2 Å². The quantitative estimate of drug-likeness (QED) is 0.552. The Bertz CT molecular complexity index is 320. The molecule has 0 spiro atoms. The molecule has 18 heavy (non-hydrogen) atoms. The maximum Gasteiger partial charge on any atom is 3.00 e. The van der Waals surface area contributed by atoms with E-state index in [1.54, 1.807) is 0 Å². The number of piperidine rings is 1. The molecule has 1 fully saturated rings. The molecule has 1 amide bonds. The summed E-state index contributed by atoms with van der Waals surface area (Å²) in [7, 11) is -3.49. The van der Waals surface area contributed by atoms with Crippen molar-refractivity contribution >= 4 is 16.2 Å². The number of carbonyl (C=O) groups is 1. The third kappa shape index (κ3) is 10.5. The van der Waals surface area contributed by atoms with Gasteiger partial charge in [0.15, 0.2) is 0 Å². The average Bonchev–Trinajstić information content (AvgIpc) is 2.01. The van der Waals surface area contributed by atoms with E-state index in [1.165, 1.54) is 4.90 Å². The van der Waals surface area contributed by atoms with Gasteiger partial charge in [0.05, 0.1) is 18.9 Å². The van der Waals surface area contributed by atoms with Crippen LogP contribution in [0.4, 0.5) is 4.79 Å². The van der Waals surface area contributed by atoms with Crippen LogP contribution in [0.1, 0.15) is 12.8 Å². The van der Waals surface area contributed by atoms with E-state index < -0.39 is 22.3 Å². The van der Waals surface area contributed by atoms with Crippen molar-refractivity contribution < 1.29 is 64.2 Å². The van der Waals surface area contributed by atoms with E-state index in [-0.39, 0.29) is 70.6 Å². The van der Waals surface area contributed by atoms with Crippen LogP contribution in [0.3, 0.4) is 0 Å². The fourth-order valence-corrected chi connectivity index (χ4v) is 2.09. The number of rotatable bonds is 2. The smallest absolute Gasteiger partial charge is 0.465 e. The summed E-state index contributed by atoms with van der Waals surface area (Å²) in [5, 5.41) is 8.68. The Balaban J connectivity index is -0.000000245.